The zero-order valence-corrected chi connectivity index (χ0v) is 24.5. The Hall–Kier alpha value is -3.30. The van der Waals surface area contributed by atoms with Crippen LogP contribution < -0.4 is 10.6 Å². The van der Waals surface area contributed by atoms with Crippen LogP contribution in [0.25, 0.3) is 0 Å². The molecule has 2 saturated heterocycles. The number of amides is 3. The molecule has 3 fully saturated rings. The molecular formula is C33H43FN4O4. The normalized spacial score (nSPS) is 21.9. The van der Waals surface area contributed by atoms with Gasteiger partial charge in [-0.1, -0.05) is 50.5 Å². The van der Waals surface area contributed by atoms with Crippen LogP contribution in [0.3, 0.4) is 0 Å². The molecule has 2 aliphatic heterocycles. The third-order valence-corrected chi connectivity index (χ3v) is 9.32. The van der Waals surface area contributed by atoms with Crippen molar-refractivity contribution in [1.29, 1.82) is 0 Å². The summed E-state index contributed by atoms with van der Waals surface area (Å²) in [6.45, 7) is 4.67. The van der Waals surface area contributed by atoms with Gasteiger partial charge in [0.2, 0.25) is 17.7 Å². The van der Waals surface area contributed by atoms with Crippen molar-refractivity contribution in [3.63, 3.8) is 0 Å². The first-order valence-electron chi connectivity index (χ1n) is 15.4. The zero-order valence-electron chi connectivity index (χ0n) is 24.5. The number of carbonyl (C=O) groups excluding carboxylic acids is 3. The number of aliphatic hydroxyl groups excluding tert-OH is 1. The number of piperidine rings is 1. The molecule has 42 heavy (non-hydrogen) atoms. The van der Waals surface area contributed by atoms with Gasteiger partial charge >= 0.3 is 0 Å². The van der Waals surface area contributed by atoms with Gasteiger partial charge in [0.15, 0.2) is 0 Å². The molecule has 1 aliphatic carbocycles. The summed E-state index contributed by atoms with van der Waals surface area (Å²) < 4.78 is 13.1. The first kappa shape index (κ1) is 30.2. The summed E-state index contributed by atoms with van der Waals surface area (Å²) >= 11 is 0. The number of piperazine rings is 1. The van der Waals surface area contributed by atoms with E-state index < -0.39 is 17.7 Å². The Morgan fingerprint density at radius 3 is 2.33 bits per heavy atom. The van der Waals surface area contributed by atoms with E-state index >= 15 is 0 Å². The molecule has 1 spiro atoms. The molecule has 0 unspecified atom stereocenters. The summed E-state index contributed by atoms with van der Waals surface area (Å²) in [7, 11) is 0. The maximum Gasteiger partial charge on any atom is 0.248 e. The molecule has 3 aliphatic rings. The summed E-state index contributed by atoms with van der Waals surface area (Å²) in [5.41, 5.74) is 1.67. The van der Waals surface area contributed by atoms with E-state index in [4.69, 9.17) is 0 Å². The number of nitrogens with zero attached hydrogens (tertiary/aromatic N) is 2. The number of carbonyl (C=O) groups is 3. The summed E-state index contributed by atoms with van der Waals surface area (Å²) in [5, 5.41) is 16.9. The van der Waals surface area contributed by atoms with Crippen molar-refractivity contribution in [2.45, 2.75) is 88.9 Å². The van der Waals surface area contributed by atoms with Crippen LogP contribution in [-0.4, -0.2) is 69.9 Å². The van der Waals surface area contributed by atoms with Crippen molar-refractivity contribution >= 4 is 23.4 Å². The van der Waals surface area contributed by atoms with Gasteiger partial charge in [0.1, 0.15) is 17.4 Å². The van der Waals surface area contributed by atoms with Crippen LogP contribution in [0.1, 0.15) is 69.4 Å². The smallest absolute Gasteiger partial charge is 0.248 e. The lowest BCUT2D eigenvalue weighted by atomic mass is 9.80. The van der Waals surface area contributed by atoms with Crippen LogP contribution in [0.5, 0.6) is 0 Å². The van der Waals surface area contributed by atoms with Crippen LogP contribution in [0.4, 0.5) is 10.1 Å². The Labute approximate surface area is 247 Å². The molecule has 8 nitrogen and oxygen atoms in total. The van der Waals surface area contributed by atoms with Gasteiger partial charge in [0.05, 0.1) is 12.5 Å². The molecule has 5 rings (SSSR count). The molecular weight excluding hydrogens is 535 g/mol. The van der Waals surface area contributed by atoms with Crippen LogP contribution in [0.2, 0.25) is 0 Å². The molecule has 2 aromatic rings. The van der Waals surface area contributed by atoms with Crippen molar-refractivity contribution in [3.05, 3.63) is 65.5 Å². The van der Waals surface area contributed by atoms with Crippen molar-refractivity contribution in [2.24, 2.45) is 5.92 Å². The van der Waals surface area contributed by atoms with E-state index in [0.717, 1.165) is 49.7 Å². The number of nitrogens with one attached hydrogen (secondary N) is 2. The van der Waals surface area contributed by atoms with Gasteiger partial charge in [-0.05, 0) is 73.4 Å². The Morgan fingerprint density at radius 1 is 1.05 bits per heavy atom. The van der Waals surface area contributed by atoms with Crippen LogP contribution in [0.15, 0.2) is 48.5 Å². The number of halogens is 1. The van der Waals surface area contributed by atoms with Crippen molar-refractivity contribution < 1.29 is 23.9 Å². The number of aliphatic hydroxyl groups is 1. The molecule has 0 radical (unpaired) electrons. The number of hydrogen-bond acceptors (Lipinski definition) is 5. The summed E-state index contributed by atoms with van der Waals surface area (Å²) in [6.07, 6.45) is 6.12. The highest BCUT2D eigenvalue weighted by Gasteiger charge is 2.55. The monoisotopic (exact) mass is 578 g/mol. The Balaban J connectivity index is 1.17. The van der Waals surface area contributed by atoms with Gasteiger partial charge < -0.3 is 20.6 Å². The number of anilines is 1. The molecule has 2 heterocycles. The van der Waals surface area contributed by atoms with Crippen LogP contribution >= 0.6 is 0 Å². The fourth-order valence-corrected chi connectivity index (χ4v) is 6.80. The van der Waals surface area contributed by atoms with Gasteiger partial charge in [-0.25, -0.2) is 4.39 Å². The average Bonchev–Trinajstić information content (AvgIpc) is 3.53. The van der Waals surface area contributed by atoms with E-state index in [0.29, 0.717) is 44.7 Å². The molecule has 2 aromatic carbocycles. The topological polar surface area (TPSA) is 102 Å². The second kappa shape index (κ2) is 13.3. The molecule has 0 aromatic heterocycles. The SMILES string of the molecule is CCCCN1C(=O)[C@@H]([C@H](O)C2CCCC2)NC(=O)C12CCN(Cc1ccc(NC(=O)Cc3ccc(F)cc3)cc1)CC2. The summed E-state index contributed by atoms with van der Waals surface area (Å²) in [5.74, 6) is -0.682. The van der Waals surface area contributed by atoms with Crippen molar-refractivity contribution in [1.82, 2.24) is 15.1 Å². The van der Waals surface area contributed by atoms with Gasteiger partial charge in [0.25, 0.3) is 0 Å². The number of likely N-dealkylation sites (tertiary alicyclic amines) is 1. The second-order valence-electron chi connectivity index (χ2n) is 12.2. The van der Waals surface area contributed by atoms with Crippen molar-refractivity contribution in [2.75, 3.05) is 25.0 Å². The standard InChI is InChI=1S/C33H43FN4O4/c1-2-3-18-38-31(41)29(30(40)25-6-4-5-7-25)36-32(42)33(38)16-19-37(20-17-33)22-24-10-14-27(15-11-24)35-28(39)21-23-8-12-26(34)13-9-23/h8-15,25,29-30,40H,2-7,16-22H2,1H3,(H,35,39)(H,36,42)/t29-,30-/m1/s1. The predicted molar refractivity (Wildman–Crippen MR) is 159 cm³/mol. The number of unbranched alkanes of at least 4 members (excludes halogenated alkanes) is 1. The fourth-order valence-electron chi connectivity index (χ4n) is 6.80. The maximum atomic E-state index is 13.7. The lowest BCUT2D eigenvalue weighted by Gasteiger charge is -2.52. The number of rotatable bonds is 10. The Kier molecular flexibility index (Phi) is 9.58. The third kappa shape index (κ3) is 6.68. The molecule has 9 heteroatoms. The van der Waals surface area contributed by atoms with Crippen molar-refractivity contribution in [3.8, 4) is 0 Å². The predicted octanol–water partition coefficient (Wildman–Crippen LogP) is 4.02. The lowest BCUT2D eigenvalue weighted by Crippen LogP contribution is -2.75. The quantitative estimate of drug-likeness (QED) is 0.395. The van der Waals surface area contributed by atoms with E-state index in [1.807, 2.05) is 24.3 Å². The highest BCUT2D eigenvalue weighted by molar-refractivity contribution is 6.00. The summed E-state index contributed by atoms with van der Waals surface area (Å²) in [6, 6.07) is 12.8. The van der Waals surface area contributed by atoms with E-state index in [1.165, 1.54) is 12.1 Å². The van der Waals surface area contributed by atoms with E-state index in [9.17, 15) is 23.9 Å². The largest absolute Gasteiger partial charge is 0.390 e. The number of hydrogen-bond donors (Lipinski definition) is 3. The first-order valence-corrected chi connectivity index (χ1v) is 15.4. The number of benzene rings is 2. The average molecular weight is 579 g/mol. The first-order chi connectivity index (χ1) is 20.3. The van der Waals surface area contributed by atoms with Crippen LogP contribution in [0, 0.1) is 11.7 Å². The minimum atomic E-state index is -0.868. The molecule has 0 bridgehead atoms. The second-order valence-corrected chi connectivity index (χ2v) is 12.2. The molecule has 3 amide bonds. The highest BCUT2D eigenvalue weighted by Crippen LogP contribution is 2.36. The molecule has 1 saturated carbocycles. The van der Waals surface area contributed by atoms with Gasteiger partial charge in [0, 0.05) is 31.9 Å². The van der Waals surface area contributed by atoms with E-state index in [1.54, 1.807) is 17.0 Å². The summed E-state index contributed by atoms with van der Waals surface area (Å²) in [4.78, 5) is 43.9. The Bertz CT molecular complexity index is 1240. The van der Waals surface area contributed by atoms with Gasteiger partial charge in [-0.3, -0.25) is 19.3 Å². The zero-order chi connectivity index (χ0) is 29.7. The minimum absolute atomic E-state index is 0.0673. The molecule has 3 N–H and O–H groups in total. The van der Waals surface area contributed by atoms with E-state index in [2.05, 4.69) is 22.5 Å². The Morgan fingerprint density at radius 2 is 1.69 bits per heavy atom. The minimum Gasteiger partial charge on any atom is -0.390 e. The van der Waals surface area contributed by atoms with Gasteiger partial charge in [-0.2, -0.15) is 0 Å². The lowest BCUT2D eigenvalue weighted by molar-refractivity contribution is -0.165. The van der Waals surface area contributed by atoms with Gasteiger partial charge in [-0.15, -0.1) is 0 Å². The van der Waals surface area contributed by atoms with E-state index in [-0.39, 0.29) is 35.9 Å². The third-order valence-electron chi connectivity index (χ3n) is 9.32. The fraction of sp³-hybridized carbons (Fsp3) is 0.545. The van der Waals surface area contributed by atoms with Crippen LogP contribution in [-0.2, 0) is 27.3 Å². The maximum absolute atomic E-state index is 13.7. The highest BCUT2D eigenvalue weighted by atomic mass is 19.1. The molecule has 2 atom stereocenters. The molecule has 226 valence electrons.